The number of ether oxygens (including phenoxy) is 1. The monoisotopic (exact) mass is 726 g/mol. The first-order chi connectivity index (χ1) is 24.9. The minimum atomic E-state index is -0.320. The molecule has 2 aromatic heterocycles. The predicted molar refractivity (Wildman–Crippen MR) is 200 cm³/mol. The highest BCUT2D eigenvalue weighted by Gasteiger charge is 2.26. The molecule has 51 heavy (non-hydrogen) atoms. The summed E-state index contributed by atoms with van der Waals surface area (Å²) < 4.78 is 13.4. The summed E-state index contributed by atoms with van der Waals surface area (Å²) in [5.74, 6) is 2.13. The Hall–Kier alpha value is -4.71. The smallest absolute Gasteiger partial charge is 0.257 e. The largest absolute Gasteiger partial charge is 0.496 e. The number of hydrogen-bond donors (Lipinski definition) is 1. The van der Waals surface area contributed by atoms with Crippen molar-refractivity contribution in [2.45, 2.75) is 43.8 Å². The Morgan fingerprint density at radius 2 is 1.90 bits per heavy atom. The summed E-state index contributed by atoms with van der Waals surface area (Å²) in [5.41, 5.74) is 4.37. The Morgan fingerprint density at radius 3 is 2.65 bits per heavy atom. The number of para-hydroxylation sites is 2. The van der Waals surface area contributed by atoms with Crippen LogP contribution in [-0.4, -0.2) is 77.9 Å². The molecule has 5 aromatic rings. The molecule has 264 valence electrons. The van der Waals surface area contributed by atoms with Crippen molar-refractivity contribution in [1.82, 2.24) is 19.4 Å². The van der Waals surface area contributed by atoms with E-state index in [0.717, 1.165) is 72.8 Å². The molecule has 1 amide bonds. The molecule has 2 aliphatic heterocycles. The van der Waals surface area contributed by atoms with Crippen LogP contribution in [0.3, 0.4) is 0 Å². The first kappa shape index (κ1) is 34.7. The average Bonchev–Trinajstić information content (AvgIpc) is 3.95. The summed E-state index contributed by atoms with van der Waals surface area (Å²) in [6, 6.07) is 23.3. The van der Waals surface area contributed by atoms with Crippen molar-refractivity contribution in [3.8, 4) is 5.75 Å². The van der Waals surface area contributed by atoms with Gasteiger partial charge in [-0.2, -0.15) is 5.11 Å². The van der Waals surface area contributed by atoms with Gasteiger partial charge in [-0.1, -0.05) is 47.5 Å². The van der Waals surface area contributed by atoms with E-state index < -0.39 is 0 Å². The van der Waals surface area contributed by atoms with Gasteiger partial charge in [-0.05, 0) is 90.7 Å². The van der Waals surface area contributed by atoms with E-state index in [-0.39, 0.29) is 17.9 Å². The third kappa shape index (κ3) is 7.96. The van der Waals surface area contributed by atoms with Gasteiger partial charge in [-0.3, -0.25) is 4.79 Å². The van der Waals surface area contributed by atoms with Gasteiger partial charge in [0.15, 0.2) is 0 Å². The molecule has 4 heterocycles. The number of nitrogens with one attached hydrogen (secondary N) is 1. The van der Waals surface area contributed by atoms with E-state index in [2.05, 4.69) is 36.3 Å². The number of halogens is 2. The Balaban J connectivity index is 1.01. The molecular weight excluding hydrogens is 687 g/mol. The van der Waals surface area contributed by atoms with E-state index in [9.17, 15) is 4.79 Å². The van der Waals surface area contributed by atoms with Crippen molar-refractivity contribution in [3.63, 3.8) is 0 Å². The normalized spacial score (nSPS) is 16.9. The summed E-state index contributed by atoms with van der Waals surface area (Å²) in [6.45, 7) is 3.87. The second-order valence-corrected chi connectivity index (χ2v) is 13.9. The van der Waals surface area contributed by atoms with Gasteiger partial charge in [0, 0.05) is 38.6 Å². The molecule has 1 N–H and O–H groups in total. The highest BCUT2D eigenvalue weighted by molar-refractivity contribution is 6.42. The van der Waals surface area contributed by atoms with Crippen LogP contribution in [0.15, 0.2) is 98.9 Å². The lowest BCUT2D eigenvalue weighted by Crippen LogP contribution is -2.40. The first-order valence-corrected chi connectivity index (χ1v) is 17.9. The molecule has 2 aliphatic rings. The molecule has 0 aliphatic carbocycles. The van der Waals surface area contributed by atoms with Gasteiger partial charge in [-0.15, -0.1) is 5.10 Å². The maximum absolute atomic E-state index is 13.9. The van der Waals surface area contributed by atoms with Gasteiger partial charge in [0.2, 0.25) is 5.95 Å². The number of imidazole rings is 1. The number of carbonyl (C=O) groups is 1. The quantitative estimate of drug-likeness (QED) is 0.131. The van der Waals surface area contributed by atoms with Crippen LogP contribution in [0.1, 0.15) is 58.5 Å². The van der Waals surface area contributed by atoms with Gasteiger partial charge in [0.1, 0.15) is 17.6 Å². The number of fused-ring (bicyclic) bond motifs is 1. The molecule has 2 atom stereocenters. The standard InChI is InChI=1S/C38H40Cl2N8O3/c1-46(37(49)30-20-26(10-12-36(30)50-2)34-22-41-45-44-34)23-27(25-9-11-31(39)32(40)21-25)13-16-47-17-14-28(15-18-47)42-38-43-33-7-3-4-8-35(33)48(38)24-29-6-5-19-51-29/h3-12,19-22,27-28,34H,13-18,23-24H2,1-2H3,(H,42,43). The fraction of sp³-hybridized carbons (Fsp3) is 0.342. The molecule has 11 nitrogen and oxygen atoms in total. The fourth-order valence-electron chi connectivity index (χ4n) is 6.91. The van der Waals surface area contributed by atoms with Crippen molar-refractivity contribution >= 4 is 52.3 Å². The van der Waals surface area contributed by atoms with E-state index in [1.165, 1.54) is 0 Å². The molecule has 3 aromatic carbocycles. The van der Waals surface area contributed by atoms with E-state index in [1.807, 2.05) is 67.7 Å². The summed E-state index contributed by atoms with van der Waals surface area (Å²) >= 11 is 12.8. The number of aromatic nitrogens is 2. The van der Waals surface area contributed by atoms with E-state index >= 15 is 0 Å². The number of piperidine rings is 1. The number of benzene rings is 3. The van der Waals surface area contributed by atoms with Gasteiger partial charge in [0.25, 0.3) is 5.91 Å². The van der Waals surface area contributed by atoms with Gasteiger partial charge < -0.3 is 28.8 Å². The molecule has 0 bridgehead atoms. The second kappa shape index (κ2) is 15.7. The molecule has 1 saturated heterocycles. The molecule has 2 unspecified atom stereocenters. The third-order valence-electron chi connectivity index (χ3n) is 9.75. The molecule has 0 radical (unpaired) electrons. The number of amides is 1. The molecule has 0 saturated carbocycles. The van der Waals surface area contributed by atoms with Crippen LogP contribution in [0, 0.1) is 0 Å². The number of methoxy groups -OCH3 is 1. The number of hydrogen-bond acceptors (Lipinski definition) is 9. The number of likely N-dealkylation sites (N-methyl/N-ethyl adjacent to an activating group) is 1. The number of nitrogens with zero attached hydrogens (tertiary/aromatic N) is 7. The van der Waals surface area contributed by atoms with Crippen LogP contribution in [0.2, 0.25) is 10.0 Å². The van der Waals surface area contributed by atoms with Crippen LogP contribution < -0.4 is 10.1 Å². The molecule has 7 rings (SSSR count). The van der Waals surface area contributed by atoms with Crippen molar-refractivity contribution in [2.24, 2.45) is 15.4 Å². The van der Waals surface area contributed by atoms with Crippen LogP contribution in [0.5, 0.6) is 5.75 Å². The Labute approximate surface area is 306 Å². The number of furan rings is 1. The Morgan fingerprint density at radius 1 is 1.06 bits per heavy atom. The van der Waals surface area contributed by atoms with E-state index in [0.29, 0.717) is 40.5 Å². The van der Waals surface area contributed by atoms with Gasteiger partial charge >= 0.3 is 0 Å². The first-order valence-electron chi connectivity index (χ1n) is 17.1. The summed E-state index contributed by atoms with van der Waals surface area (Å²) in [7, 11) is 3.39. The number of likely N-dealkylation sites (tertiary alicyclic amines) is 1. The van der Waals surface area contributed by atoms with Crippen molar-refractivity contribution in [1.29, 1.82) is 0 Å². The number of anilines is 1. The second-order valence-electron chi connectivity index (χ2n) is 13.1. The molecule has 0 spiro atoms. The fourth-order valence-corrected chi connectivity index (χ4v) is 7.22. The summed E-state index contributed by atoms with van der Waals surface area (Å²) in [4.78, 5) is 23.1. The lowest BCUT2D eigenvalue weighted by Gasteiger charge is -2.34. The minimum Gasteiger partial charge on any atom is -0.496 e. The van der Waals surface area contributed by atoms with Gasteiger partial charge in [-0.25, -0.2) is 4.98 Å². The number of carbonyl (C=O) groups excluding carboxylic acids is 1. The SMILES string of the molecule is COc1ccc(C2C=NN=N2)cc1C(=O)N(C)CC(CCN1CCC(Nc2nc3ccccc3n2Cc2ccco2)CC1)c1ccc(Cl)c(Cl)c1. The zero-order valence-corrected chi connectivity index (χ0v) is 30.1. The van der Waals surface area contributed by atoms with Crippen molar-refractivity contribution < 1.29 is 13.9 Å². The van der Waals surface area contributed by atoms with E-state index in [1.54, 1.807) is 30.6 Å². The van der Waals surface area contributed by atoms with Crippen LogP contribution >= 0.6 is 23.2 Å². The van der Waals surface area contributed by atoms with Gasteiger partial charge in [0.05, 0.1) is 52.8 Å². The zero-order valence-electron chi connectivity index (χ0n) is 28.6. The highest BCUT2D eigenvalue weighted by Crippen LogP contribution is 2.32. The Kier molecular flexibility index (Phi) is 10.7. The zero-order chi connectivity index (χ0) is 35.3. The average molecular weight is 728 g/mol. The summed E-state index contributed by atoms with van der Waals surface area (Å²) in [6.07, 6.45) is 6.17. The van der Waals surface area contributed by atoms with Crippen molar-refractivity contribution in [2.75, 3.05) is 45.7 Å². The lowest BCUT2D eigenvalue weighted by atomic mass is 9.93. The third-order valence-corrected chi connectivity index (χ3v) is 10.5. The van der Waals surface area contributed by atoms with E-state index in [4.69, 9.17) is 37.3 Å². The lowest BCUT2D eigenvalue weighted by molar-refractivity contribution is 0.0778. The summed E-state index contributed by atoms with van der Waals surface area (Å²) in [5, 5.41) is 16.5. The Bertz CT molecular complexity index is 2030. The minimum absolute atomic E-state index is 0.0241. The maximum atomic E-state index is 13.9. The van der Waals surface area contributed by atoms with Crippen LogP contribution in [-0.2, 0) is 6.54 Å². The maximum Gasteiger partial charge on any atom is 0.257 e. The van der Waals surface area contributed by atoms with Crippen molar-refractivity contribution in [3.05, 3.63) is 112 Å². The van der Waals surface area contributed by atoms with Crippen LogP contribution in [0.25, 0.3) is 11.0 Å². The number of rotatable bonds is 13. The molecular formula is C38H40Cl2N8O3. The molecule has 13 heteroatoms. The van der Waals surface area contributed by atoms with Crippen LogP contribution in [0.4, 0.5) is 5.95 Å². The highest BCUT2D eigenvalue weighted by atomic mass is 35.5. The predicted octanol–water partition coefficient (Wildman–Crippen LogP) is 8.31. The molecule has 1 fully saturated rings. The topological polar surface area (TPSA) is 113 Å².